The first-order valence-electron chi connectivity index (χ1n) is 6.01. The molecule has 0 radical (unpaired) electrons. The van der Waals surface area contributed by atoms with Gasteiger partial charge in [-0.2, -0.15) is 0 Å². The second-order valence-corrected chi connectivity index (χ2v) is 4.38. The minimum atomic E-state index is -0.107. The van der Waals surface area contributed by atoms with Crippen LogP contribution in [0, 0.1) is 0 Å². The third kappa shape index (κ3) is 2.25. The summed E-state index contributed by atoms with van der Waals surface area (Å²) in [6.45, 7) is 4.89. The van der Waals surface area contributed by atoms with Crippen LogP contribution in [0.25, 0.3) is 0 Å². The van der Waals surface area contributed by atoms with Gasteiger partial charge in [0.05, 0.1) is 6.04 Å². The van der Waals surface area contributed by atoms with Crippen LogP contribution in [-0.2, 0) is 4.74 Å². The summed E-state index contributed by atoms with van der Waals surface area (Å²) in [5, 5.41) is 3.32. The summed E-state index contributed by atoms with van der Waals surface area (Å²) in [5.74, 6) is 0. The Kier molecular flexibility index (Phi) is 3.46. The summed E-state index contributed by atoms with van der Waals surface area (Å²) in [4.78, 5) is 13.5. The molecule has 2 unspecified atom stereocenters. The van der Waals surface area contributed by atoms with Gasteiger partial charge in [-0.1, -0.05) is 19.8 Å². The van der Waals surface area contributed by atoms with Gasteiger partial charge in [0.2, 0.25) is 0 Å². The first-order valence-corrected chi connectivity index (χ1v) is 6.01. The van der Waals surface area contributed by atoms with Gasteiger partial charge in [0.15, 0.2) is 0 Å². The van der Waals surface area contributed by atoms with Crippen LogP contribution in [0.4, 0.5) is 4.79 Å². The van der Waals surface area contributed by atoms with E-state index in [0.717, 1.165) is 32.5 Å². The number of hydrogen-bond acceptors (Lipinski definition) is 3. The molecule has 4 heteroatoms. The minimum absolute atomic E-state index is 0.107. The predicted octanol–water partition coefficient (Wildman–Crippen LogP) is 1.36. The van der Waals surface area contributed by atoms with Gasteiger partial charge < -0.3 is 15.0 Å². The molecule has 0 saturated carbocycles. The normalized spacial score (nSPS) is 30.2. The van der Waals surface area contributed by atoms with Gasteiger partial charge in [-0.15, -0.1) is 0 Å². The lowest BCUT2D eigenvalue weighted by molar-refractivity contribution is 0.117. The molecule has 1 amide bonds. The lowest BCUT2D eigenvalue weighted by Crippen LogP contribution is -2.49. The number of piperidine rings is 1. The molecule has 86 valence electrons. The van der Waals surface area contributed by atoms with Crippen LogP contribution in [0.15, 0.2) is 0 Å². The Hall–Kier alpha value is -0.770. The maximum Gasteiger partial charge on any atom is 0.410 e. The zero-order chi connectivity index (χ0) is 10.7. The highest BCUT2D eigenvalue weighted by Gasteiger charge is 2.42. The highest BCUT2D eigenvalue weighted by atomic mass is 16.6. The highest BCUT2D eigenvalue weighted by molar-refractivity contribution is 5.70. The van der Waals surface area contributed by atoms with E-state index in [9.17, 15) is 4.79 Å². The summed E-state index contributed by atoms with van der Waals surface area (Å²) in [6, 6.07) is 0.281. The summed E-state index contributed by atoms with van der Waals surface area (Å²) >= 11 is 0. The summed E-state index contributed by atoms with van der Waals surface area (Å²) in [6.07, 6.45) is 4.46. The number of unbranched alkanes of at least 4 members (excludes halogenated alkanes) is 2. The Bertz CT molecular complexity index is 233. The van der Waals surface area contributed by atoms with Crippen LogP contribution >= 0.6 is 0 Å². The van der Waals surface area contributed by atoms with Crippen molar-refractivity contribution in [1.29, 1.82) is 0 Å². The van der Waals surface area contributed by atoms with Gasteiger partial charge in [0.1, 0.15) is 6.10 Å². The molecule has 4 nitrogen and oxygen atoms in total. The van der Waals surface area contributed by atoms with Crippen molar-refractivity contribution in [3.05, 3.63) is 0 Å². The predicted molar refractivity (Wildman–Crippen MR) is 57.8 cm³/mol. The molecule has 2 atom stereocenters. The van der Waals surface area contributed by atoms with Crippen molar-refractivity contribution in [3.63, 3.8) is 0 Å². The Labute approximate surface area is 91.0 Å². The van der Waals surface area contributed by atoms with Crippen molar-refractivity contribution in [2.24, 2.45) is 0 Å². The third-order valence-corrected chi connectivity index (χ3v) is 3.28. The van der Waals surface area contributed by atoms with Crippen LogP contribution in [0.2, 0.25) is 0 Å². The summed E-state index contributed by atoms with van der Waals surface area (Å²) < 4.78 is 5.36. The topological polar surface area (TPSA) is 41.6 Å². The molecular weight excluding hydrogens is 192 g/mol. The number of carbonyl (C=O) groups is 1. The average Bonchev–Trinajstić information content (AvgIpc) is 2.56. The van der Waals surface area contributed by atoms with E-state index < -0.39 is 0 Å². The number of nitrogens with zero attached hydrogens (tertiary/aromatic N) is 1. The largest absolute Gasteiger partial charge is 0.444 e. The van der Waals surface area contributed by atoms with Crippen LogP contribution in [0.5, 0.6) is 0 Å². The Morgan fingerprint density at radius 3 is 3.20 bits per heavy atom. The number of rotatable bonds is 4. The molecule has 2 aliphatic heterocycles. The summed E-state index contributed by atoms with van der Waals surface area (Å²) in [5.41, 5.74) is 0. The molecular formula is C11H20N2O2. The number of nitrogens with one attached hydrogen (secondary N) is 1. The SMILES string of the molecule is CCCCCN1C(=O)OC2CCNCC21. The van der Waals surface area contributed by atoms with Crippen LogP contribution in [0.3, 0.4) is 0 Å². The summed E-state index contributed by atoms with van der Waals surface area (Å²) in [7, 11) is 0. The molecule has 15 heavy (non-hydrogen) atoms. The maximum absolute atomic E-state index is 11.6. The van der Waals surface area contributed by atoms with E-state index in [1.54, 1.807) is 0 Å². The second kappa shape index (κ2) is 4.84. The van der Waals surface area contributed by atoms with Crippen molar-refractivity contribution in [2.75, 3.05) is 19.6 Å². The van der Waals surface area contributed by atoms with Crippen molar-refractivity contribution >= 4 is 6.09 Å². The zero-order valence-corrected chi connectivity index (χ0v) is 9.37. The maximum atomic E-state index is 11.6. The number of ether oxygens (including phenoxy) is 1. The van der Waals surface area contributed by atoms with E-state index in [0.29, 0.717) is 0 Å². The van der Waals surface area contributed by atoms with E-state index in [1.807, 2.05) is 4.90 Å². The molecule has 0 aliphatic carbocycles. The highest BCUT2D eigenvalue weighted by Crippen LogP contribution is 2.24. The molecule has 0 bridgehead atoms. The van der Waals surface area contributed by atoms with Gasteiger partial charge in [-0.3, -0.25) is 0 Å². The number of amides is 1. The van der Waals surface area contributed by atoms with Gasteiger partial charge >= 0.3 is 6.09 Å². The molecule has 2 saturated heterocycles. The molecule has 0 aromatic heterocycles. The van der Waals surface area contributed by atoms with Gasteiger partial charge in [-0.05, 0) is 19.4 Å². The molecule has 0 aromatic rings. The molecule has 2 fully saturated rings. The smallest absolute Gasteiger partial charge is 0.410 e. The zero-order valence-electron chi connectivity index (χ0n) is 9.37. The fourth-order valence-corrected chi connectivity index (χ4v) is 2.39. The monoisotopic (exact) mass is 212 g/mol. The van der Waals surface area contributed by atoms with Crippen LogP contribution in [0.1, 0.15) is 32.6 Å². The van der Waals surface area contributed by atoms with E-state index >= 15 is 0 Å². The van der Waals surface area contributed by atoms with E-state index in [1.165, 1.54) is 12.8 Å². The fourth-order valence-electron chi connectivity index (χ4n) is 2.39. The molecule has 1 N–H and O–H groups in total. The van der Waals surface area contributed by atoms with Gasteiger partial charge in [0, 0.05) is 13.1 Å². The Balaban J connectivity index is 1.88. The standard InChI is InChI=1S/C11H20N2O2/c1-2-3-4-7-13-9-8-12-6-5-10(9)15-11(13)14/h9-10,12H,2-8H2,1H3. The second-order valence-electron chi connectivity index (χ2n) is 4.38. The molecule has 2 aliphatic rings. The van der Waals surface area contributed by atoms with Gasteiger partial charge in [0.25, 0.3) is 0 Å². The van der Waals surface area contributed by atoms with Crippen LogP contribution < -0.4 is 5.32 Å². The molecule has 2 heterocycles. The number of carbonyl (C=O) groups excluding carboxylic acids is 1. The first-order chi connectivity index (χ1) is 7.33. The van der Waals surface area contributed by atoms with Crippen molar-refractivity contribution in [3.8, 4) is 0 Å². The van der Waals surface area contributed by atoms with Gasteiger partial charge in [-0.25, -0.2) is 4.79 Å². The quantitative estimate of drug-likeness (QED) is 0.715. The van der Waals surface area contributed by atoms with Crippen molar-refractivity contribution < 1.29 is 9.53 Å². The molecule has 2 rings (SSSR count). The Morgan fingerprint density at radius 2 is 2.40 bits per heavy atom. The van der Waals surface area contributed by atoms with Crippen LogP contribution in [-0.4, -0.2) is 42.8 Å². The van der Waals surface area contributed by atoms with E-state index in [2.05, 4.69) is 12.2 Å². The number of fused-ring (bicyclic) bond motifs is 1. The fraction of sp³-hybridized carbons (Fsp3) is 0.909. The van der Waals surface area contributed by atoms with E-state index in [-0.39, 0.29) is 18.2 Å². The lowest BCUT2D eigenvalue weighted by Gasteiger charge is -2.28. The van der Waals surface area contributed by atoms with Crippen molar-refractivity contribution in [1.82, 2.24) is 10.2 Å². The minimum Gasteiger partial charge on any atom is -0.444 e. The lowest BCUT2D eigenvalue weighted by atomic mass is 10.0. The third-order valence-electron chi connectivity index (χ3n) is 3.28. The number of hydrogen-bond donors (Lipinski definition) is 1. The van der Waals surface area contributed by atoms with Crippen molar-refractivity contribution in [2.45, 2.75) is 44.8 Å². The van der Waals surface area contributed by atoms with E-state index in [4.69, 9.17) is 4.74 Å². The first kappa shape index (κ1) is 10.7. The Morgan fingerprint density at radius 1 is 1.53 bits per heavy atom. The molecule has 0 spiro atoms. The molecule has 0 aromatic carbocycles. The average molecular weight is 212 g/mol.